The molecule has 2 aromatic rings. The van der Waals surface area contributed by atoms with E-state index in [4.69, 9.17) is 5.73 Å². The Morgan fingerprint density at radius 3 is 2.40 bits per heavy atom. The Balaban J connectivity index is 2.04. The summed E-state index contributed by atoms with van der Waals surface area (Å²) in [5, 5.41) is 2.94. The highest BCUT2D eigenvalue weighted by Gasteiger charge is 2.18. The third kappa shape index (κ3) is 3.68. The first-order valence-corrected chi connectivity index (χ1v) is 7.23. The molecule has 0 saturated heterocycles. The third-order valence-corrected chi connectivity index (χ3v) is 3.64. The maximum atomic E-state index is 12.2. The summed E-state index contributed by atoms with van der Waals surface area (Å²) in [6.07, 6.45) is 0. The van der Waals surface area contributed by atoms with Crippen LogP contribution in [0.3, 0.4) is 0 Å². The second-order valence-electron chi connectivity index (χ2n) is 4.67. The standard InChI is InChI=1S/C16H17BrN2O/c1-11(13-8-5-9-14(17)10-13)19-16(20)15(18)12-6-3-2-4-7-12/h2-11,15H,18H2,1H3,(H,19,20)/t11-,15?/m1/s1. The van der Waals surface area contributed by atoms with Gasteiger partial charge in [-0.25, -0.2) is 0 Å². The summed E-state index contributed by atoms with van der Waals surface area (Å²) >= 11 is 3.42. The Morgan fingerprint density at radius 1 is 1.10 bits per heavy atom. The zero-order chi connectivity index (χ0) is 14.5. The first-order valence-electron chi connectivity index (χ1n) is 6.44. The zero-order valence-corrected chi connectivity index (χ0v) is 12.8. The molecule has 2 aromatic carbocycles. The fourth-order valence-electron chi connectivity index (χ4n) is 1.97. The van der Waals surface area contributed by atoms with Crippen LogP contribution in [0.25, 0.3) is 0 Å². The molecule has 0 bridgehead atoms. The Morgan fingerprint density at radius 2 is 1.75 bits per heavy atom. The molecule has 0 heterocycles. The second kappa shape index (κ2) is 6.68. The van der Waals surface area contributed by atoms with Gasteiger partial charge in [0.05, 0.1) is 6.04 Å². The van der Waals surface area contributed by atoms with E-state index in [-0.39, 0.29) is 11.9 Å². The fraction of sp³-hybridized carbons (Fsp3) is 0.188. The number of hydrogen-bond acceptors (Lipinski definition) is 2. The number of nitrogens with two attached hydrogens (primary N) is 1. The Kier molecular flexibility index (Phi) is 4.93. The first kappa shape index (κ1) is 14.8. The average Bonchev–Trinajstić information content (AvgIpc) is 2.47. The van der Waals surface area contributed by atoms with Gasteiger partial charge < -0.3 is 11.1 Å². The highest BCUT2D eigenvalue weighted by Crippen LogP contribution is 2.19. The van der Waals surface area contributed by atoms with E-state index in [2.05, 4.69) is 21.2 Å². The summed E-state index contributed by atoms with van der Waals surface area (Å²) < 4.78 is 0.989. The van der Waals surface area contributed by atoms with Crippen LogP contribution in [0, 0.1) is 0 Å². The quantitative estimate of drug-likeness (QED) is 0.902. The summed E-state index contributed by atoms with van der Waals surface area (Å²) in [5.74, 6) is -0.177. The molecular formula is C16H17BrN2O. The van der Waals surface area contributed by atoms with Crippen LogP contribution in [-0.2, 0) is 4.79 Å². The first-order chi connectivity index (χ1) is 9.58. The lowest BCUT2D eigenvalue weighted by Gasteiger charge is -2.18. The molecule has 2 atom stereocenters. The molecule has 3 N–H and O–H groups in total. The second-order valence-corrected chi connectivity index (χ2v) is 5.59. The van der Waals surface area contributed by atoms with Crippen LogP contribution < -0.4 is 11.1 Å². The van der Waals surface area contributed by atoms with Crippen molar-refractivity contribution >= 4 is 21.8 Å². The van der Waals surface area contributed by atoms with Crippen molar-refractivity contribution in [2.24, 2.45) is 5.73 Å². The summed E-state index contributed by atoms with van der Waals surface area (Å²) in [6.45, 7) is 1.94. The SMILES string of the molecule is C[C@@H](NC(=O)C(N)c1ccccc1)c1cccc(Br)c1. The third-order valence-electron chi connectivity index (χ3n) is 3.15. The number of amides is 1. The van der Waals surface area contributed by atoms with Gasteiger partial charge in [0, 0.05) is 4.47 Å². The van der Waals surface area contributed by atoms with Crippen molar-refractivity contribution in [2.45, 2.75) is 19.0 Å². The summed E-state index contributed by atoms with van der Waals surface area (Å²) in [7, 11) is 0. The molecule has 0 saturated carbocycles. The van der Waals surface area contributed by atoms with Crippen LogP contribution in [0.2, 0.25) is 0 Å². The Bertz CT molecular complexity index is 586. The van der Waals surface area contributed by atoms with E-state index < -0.39 is 6.04 Å². The van der Waals surface area contributed by atoms with Gasteiger partial charge >= 0.3 is 0 Å². The lowest BCUT2D eigenvalue weighted by Crippen LogP contribution is -2.35. The van der Waals surface area contributed by atoms with Crippen molar-refractivity contribution in [1.29, 1.82) is 0 Å². The lowest BCUT2D eigenvalue weighted by molar-refractivity contribution is -0.123. The number of benzene rings is 2. The molecule has 1 amide bonds. The molecule has 0 aromatic heterocycles. The lowest BCUT2D eigenvalue weighted by atomic mass is 10.1. The minimum atomic E-state index is -0.647. The van der Waals surface area contributed by atoms with E-state index in [0.717, 1.165) is 15.6 Å². The van der Waals surface area contributed by atoms with Crippen LogP contribution in [0.1, 0.15) is 30.1 Å². The van der Waals surface area contributed by atoms with Crippen LogP contribution in [0.15, 0.2) is 59.1 Å². The van der Waals surface area contributed by atoms with Crippen LogP contribution >= 0.6 is 15.9 Å². The Labute approximate surface area is 127 Å². The minimum absolute atomic E-state index is 0.0882. The van der Waals surface area contributed by atoms with Gasteiger partial charge in [-0.05, 0) is 30.2 Å². The molecule has 1 unspecified atom stereocenters. The van der Waals surface area contributed by atoms with E-state index in [1.165, 1.54) is 0 Å². The highest BCUT2D eigenvalue weighted by atomic mass is 79.9. The molecule has 0 fully saturated rings. The number of carbonyl (C=O) groups is 1. The summed E-state index contributed by atoms with van der Waals surface area (Å²) in [4.78, 5) is 12.2. The van der Waals surface area contributed by atoms with E-state index in [9.17, 15) is 4.79 Å². The van der Waals surface area contributed by atoms with Gasteiger partial charge in [0.1, 0.15) is 6.04 Å². The number of hydrogen-bond donors (Lipinski definition) is 2. The molecule has 2 rings (SSSR count). The van der Waals surface area contributed by atoms with Crippen molar-refractivity contribution in [3.05, 3.63) is 70.2 Å². The van der Waals surface area contributed by atoms with Crippen molar-refractivity contribution in [3.63, 3.8) is 0 Å². The van der Waals surface area contributed by atoms with E-state index in [0.29, 0.717) is 0 Å². The predicted octanol–water partition coefficient (Wildman–Crippen LogP) is 3.33. The normalized spacial score (nSPS) is 13.6. The molecule has 0 aliphatic carbocycles. The molecule has 0 radical (unpaired) electrons. The molecule has 20 heavy (non-hydrogen) atoms. The molecule has 0 spiro atoms. The molecule has 3 nitrogen and oxygen atoms in total. The smallest absolute Gasteiger partial charge is 0.241 e. The topological polar surface area (TPSA) is 55.1 Å². The van der Waals surface area contributed by atoms with Gasteiger partial charge in [-0.1, -0.05) is 58.4 Å². The number of carbonyl (C=O) groups excluding carboxylic acids is 1. The summed E-state index contributed by atoms with van der Waals surface area (Å²) in [6, 6.07) is 16.5. The average molecular weight is 333 g/mol. The van der Waals surface area contributed by atoms with Gasteiger partial charge in [0.2, 0.25) is 5.91 Å². The van der Waals surface area contributed by atoms with Crippen molar-refractivity contribution < 1.29 is 4.79 Å². The number of nitrogens with one attached hydrogen (secondary N) is 1. The molecule has 104 valence electrons. The molecule has 0 aliphatic rings. The van der Waals surface area contributed by atoms with Crippen molar-refractivity contribution in [3.8, 4) is 0 Å². The van der Waals surface area contributed by atoms with Crippen molar-refractivity contribution in [2.75, 3.05) is 0 Å². The molecule has 4 heteroatoms. The van der Waals surface area contributed by atoms with E-state index in [1.807, 2.05) is 61.5 Å². The predicted molar refractivity (Wildman–Crippen MR) is 84.1 cm³/mol. The maximum absolute atomic E-state index is 12.2. The Hall–Kier alpha value is -1.65. The van der Waals surface area contributed by atoms with Gasteiger partial charge in [0.15, 0.2) is 0 Å². The van der Waals surface area contributed by atoms with Gasteiger partial charge in [0.25, 0.3) is 0 Å². The van der Waals surface area contributed by atoms with E-state index >= 15 is 0 Å². The van der Waals surface area contributed by atoms with Gasteiger partial charge in [-0.3, -0.25) is 4.79 Å². The summed E-state index contributed by atoms with van der Waals surface area (Å²) in [5.41, 5.74) is 7.82. The minimum Gasteiger partial charge on any atom is -0.348 e. The fourth-order valence-corrected chi connectivity index (χ4v) is 2.39. The van der Waals surface area contributed by atoms with Crippen LogP contribution in [0.5, 0.6) is 0 Å². The largest absolute Gasteiger partial charge is 0.348 e. The maximum Gasteiger partial charge on any atom is 0.241 e. The van der Waals surface area contributed by atoms with Crippen molar-refractivity contribution in [1.82, 2.24) is 5.32 Å². The van der Waals surface area contributed by atoms with Crippen LogP contribution in [0.4, 0.5) is 0 Å². The van der Waals surface area contributed by atoms with Crippen LogP contribution in [-0.4, -0.2) is 5.91 Å². The molecule has 0 aliphatic heterocycles. The highest BCUT2D eigenvalue weighted by molar-refractivity contribution is 9.10. The molecular weight excluding hydrogens is 316 g/mol. The van der Waals surface area contributed by atoms with Gasteiger partial charge in [-0.15, -0.1) is 0 Å². The monoisotopic (exact) mass is 332 g/mol. The zero-order valence-electron chi connectivity index (χ0n) is 11.2. The van der Waals surface area contributed by atoms with E-state index in [1.54, 1.807) is 0 Å². The number of halogens is 1. The van der Waals surface area contributed by atoms with Gasteiger partial charge in [-0.2, -0.15) is 0 Å². The number of rotatable bonds is 4.